The average Bonchev–Trinajstić information content (AvgIpc) is 2.18. The molecular weight excluding hydrogens is 226 g/mol. The van der Waals surface area contributed by atoms with Crippen molar-refractivity contribution in [3.8, 4) is 0 Å². The topological polar surface area (TPSA) is 0 Å². The van der Waals surface area contributed by atoms with Crippen LogP contribution in [0.25, 0.3) is 0 Å². The normalized spacial score (nSPS) is 14.2. The van der Waals surface area contributed by atoms with Gasteiger partial charge in [0.05, 0.1) is 20.6 Å². The third-order valence-electron chi connectivity index (χ3n) is 2.50. The van der Waals surface area contributed by atoms with Gasteiger partial charge in [0, 0.05) is 5.56 Å². The van der Waals surface area contributed by atoms with Crippen LogP contribution in [0.1, 0.15) is 17.4 Å². The van der Waals surface area contributed by atoms with E-state index in [1.54, 1.807) is 0 Å². The van der Waals surface area contributed by atoms with Gasteiger partial charge in [-0.2, -0.15) is 0 Å². The first-order valence-corrected chi connectivity index (χ1v) is 5.51. The monoisotopic (exact) mass is 242 g/mol. The maximum Gasteiger partial charge on any atom is 0.169 e. The van der Waals surface area contributed by atoms with E-state index >= 15 is 0 Å². The zero-order chi connectivity index (χ0) is 9.90. The van der Waals surface area contributed by atoms with E-state index in [4.69, 9.17) is 0 Å². The van der Waals surface area contributed by atoms with Crippen LogP contribution in [0.5, 0.6) is 0 Å². The molecule has 1 unspecified atom stereocenters. The summed E-state index contributed by atoms with van der Waals surface area (Å²) in [6.45, 7) is 3.32. The Balaban J connectivity index is 2.85. The number of hydrogen-bond acceptors (Lipinski definition) is 0. The molecule has 0 aliphatic carbocycles. The third kappa shape index (κ3) is 2.55. The Morgan fingerprint density at radius 1 is 1.23 bits per heavy atom. The highest BCUT2D eigenvalue weighted by atomic mass is 79.9. The molecular formula is C11H17BrN+. The van der Waals surface area contributed by atoms with Gasteiger partial charge in [0.15, 0.2) is 4.95 Å². The number of hydrogen-bond donors (Lipinski definition) is 0. The van der Waals surface area contributed by atoms with Crippen LogP contribution >= 0.6 is 15.9 Å². The zero-order valence-electron chi connectivity index (χ0n) is 8.50. The van der Waals surface area contributed by atoms with Crippen LogP contribution in [-0.2, 0) is 0 Å². The van der Waals surface area contributed by atoms with Crippen molar-refractivity contribution in [3.63, 3.8) is 0 Å². The van der Waals surface area contributed by atoms with Crippen LogP contribution in [0.15, 0.2) is 30.3 Å². The molecule has 0 radical (unpaired) electrons. The van der Waals surface area contributed by atoms with E-state index in [9.17, 15) is 0 Å². The molecule has 0 N–H and O–H groups in total. The van der Waals surface area contributed by atoms with Gasteiger partial charge in [-0.05, 0) is 22.9 Å². The summed E-state index contributed by atoms with van der Waals surface area (Å²) >= 11 is 3.74. The summed E-state index contributed by atoms with van der Waals surface area (Å²) in [6.07, 6.45) is 0. The van der Waals surface area contributed by atoms with Crippen LogP contribution in [0.2, 0.25) is 0 Å². The second-order valence-electron chi connectivity index (χ2n) is 3.84. The molecule has 0 aliphatic rings. The van der Waals surface area contributed by atoms with Crippen molar-refractivity contribution in [1.82, 2.24) is 0 Å². The molecule has 0 amide bonds. The third-order valence-corrected chi connectivity index (χ3v) is 4.14. The Kier molecular flexibility index (Phi) is 3.51. The summed E-state index contributed by atoms with van der Waals surface area (Å²) in [5.74, 6) is 0. The predicted octanol–water partition coefficient (Wildman–Crippen LogP) is 3.18. The fourth-order valence-electron chi connectivity index (χ4n) is 1.18. The van der Waals surface area contributed by atoms with Gasteiger partial charge in [0.1, 0.15) is 0 Å². The van der Waals surface area contributed by atoms with Crippen molar-refractivity contribution < 1.29 is 4.48 Å². The van der Waals surface area contributed by atoms with Crippen molar-refractivity contribution in [1.29, 1.82) is 0 Å². The molecule has 0 spiro atoms. The highest BCUT2D eigenvalue weighted by molar-refractivity contribution is 9.09. The summed E-state index contributed by atoms with van der Waals surface area (Å²) in [6, 6.07) is 10.5. The largest absolute Gasteiger partial charge is 0.314 e. The lowest BCUT2D eigenvalue weighted by Gasteiger charge is -2.33. The summed E-state index contributed by atoms with van der Waals surface area (Å²) < 4.78 is 0.962. The standard InChI is InChI=1S/C11H17BrN/c1-4-13(2,3)11(12)10-8-6-5-7-9-10/h5-9,11H,4H2,1-3H3/q+1. The minimum atomic E-state index is 0.388. The SMILES string of the molecule is CC[N+](C)(C)C(Br)c1ccccc1. The Hall–Kier alpha value is -0.340. The highest BCUT2D eigenvalue weighted by Gasteiger charge is 2.24. The van der Waals surface area contributed by atoms with Gasteiger partial charge in [-0.15, -0.1) is 0 Å². The van der Waals surface area contributed by atoms with Crippen LogP contribution < -0.4 is 0 Å². The maximum absolute atomic E-state index is 3.74. The van der Waals surface area contributed by atoms with E-state index in [1.807, 2.05) is 0 Å². The lowest BCUT2D eigenvalue weighted by Crippen LogP contribution is -2.40. The van der Waals surface area contributed by atoms with E-state index in [1.165, 1.54) is 5.56 Å². The van der Waals surface area contributed by atoms with Crippen molar-refractivity contribution in [2.45, 2.75) is 11.9 Å². The molecule has 1 nitrogen and oxygen atoms in total. The zero-order valence-corrected chi connectivity index (χ0v) is 10.1. The molecule has 0 aliphatic heterocycles. The molecule has 0 aromatic heterocycles. The first-order chi connectivity index (χ1) is 6.08. The number of benzene rings is 1. The van der Waals surface area contributed by atoms with Gasteiger partial charge < -0.3 is 4.48 Å². The van der Waals surface area contributed by atoms with Crippen LogP contribution in [0.3, 0.4) is 0 Å². The number of alkyl halides is 1. The molecule has 1 rings (SSSR count). The molecule has 72 valence electrons. The summed E-state index contributed by atoms with van der Waals surface area (Å²) in [4.78, 5) is 0.388. The number of quaternary nitrogens is 1. The van der Waals surface area contributed by atoms with Crippen LogP contribution in [0.4, 0.5) is 0 Å². The summed E-state index contributed by atoms with van der Waals surface area (Å²) in [5.41, 5.74) is 1.34. The Labute approximate surface area is 89.1 Å². The fraction of sp³-hybridized carbons (Fsp3) is 0.455. The molecule has 1 atom stereocenters. The van der Waals surface area contributed by atoms with Gasteiger partial charge in [0.25, 0.3) is 0 Å². The number of rotatable bonds is 3. The maximum atomic E-state index is 3.74. The minimum absolute atomic E-state index is 0.388. The molecule has 2 heteroatoms. The summed E-state index contributed by atoms with van der Waals surface area (Å²) in [7, 11) is 4.46. The molecule has 0 saturated carbocycles. The molecule has 1 aromatic rings. The summed E-state index contributed by atoms with van der Waals surface area (Å²) in [5, 5.41) is 0. The van der Waals surface area contributed by atoms with Gasteiger partial charge in [-0.25, -0.2) is 0 Å². The highest BCUT2D eigenvalue weighted by Crippen LogP contribution is 2.30. The molecule has 1 aromatic carbocycles. The molecule has 13 heavy (non-hydrogen) atoms. The predicted molar refractivity (Wildman–Crippen MR) is 60.8 cm³/mol. The lowest BCUT2D eigenvalue weighted by molar-refractivity contribution is -0.902. The Bertz CT molecular complexity index is 256. The van der Waals surface area contributed by atoms with E-state index in [0.717, 1.165) is 11.0 Å². The lowest BCUT2D eigenvalue weighted by atomic mass is 10.2. The second-order valence-corrected chi connectivity index (χ2v) is 4.71. The Morgan fingerprint density at radius 3 is 2.23 bits per heavy atom. The smallest absolute Gasteiger partial charge is 0.169 e. The van der Waals surface area contributed by atoms with Gasteiger partial charge >= 0.3 is 0 Å². The first-order valence-electron chi connectivity index (χ1n) is 4.59. The molecule has 0 fully saturated rings. The van der Waals surface area contributed by atoms with Crippen molar-refractivity contribution in [2.75, 3.05) is 20.6 Å². The van der Waals surface area contributed by atoms with Crippen molar-refractivity contribution in [3.05, 3.63) is 35.9 Å². The molecule has 0 heterocycles. The van der Waals surface area contributed by atoms with E-state index in [-0.39, 0.29) is 0 Å². The number of nitrogens with zero attached hydrogens (tertiary/aromatic N) is 1. The van der Waals surface area contributed by atoms with Crippen molar-refractivity contribution >= 4 is 15.9 Å². The quantitative estimate of drug-likeness (QED) is 0.434. The molecule has 0 bridgehead atoms. The minimum Gasteiger partial charge on any atom is -0.314 e. The number of halogens is 1. The fourth-order valence-corrected chi connectivity index (χ4v) is 1.77. The van der Waals surface area contributed by atoms with E-state index < -0.39 is 0 Å². The van der Waals surface area contributed by atoms with Crippen LogP contribution in [0, 0.1) is 0 Å². The molecule has 0 saturated heterocycles. The first kappa shape index (κ1) is 10.7. The van der Waals surface area contributed by atoms with E-state index in [0.29, 0.717) is 4.95 Å². The van der Waals surface area contributed by atoms with Gasteiger partial charge in [-0.1, -0.05) is 30.3 Å². The van der Waals surface area contributed by atoms with Gasteiger partial charge in [-0.3, -0.25) is 0 Å². The van der Waals surface area contributed by atoms with Crippen molar-refractivity contribution in [2.24, 2.45) is 0 Å². The van der Waals surface area contributed by atoms with Crippen LogP contribution in [-0.4, -0.2) is 25.1 Å². The second kappa shape index (κ2) is 4.25. The van der Waals surface area contributed by atoms with Gasteiger partial charge in [0.2, 0.25) is 0 Å². The Morgan fingerprint density at radius 2 is 1.77 bits per heavy atom. The average molecular weight is 243 g/mol. The van der Waals surface area contributed by atoms with E-state index in [2.05, 4.69) is 67.3 Å².